The molecule has 0 fully saturated rings. The SMILES string of the molecule is CC[C@H](C)Oc1ccc(-c2cc(C(=O)O)ncn2)cc1Cl. The van der Waals surface area contributed by atoms with Crippen LogP contribution in [-0.4, -0.2) is 27.1 Å². The molecule has 1 aromatic carbocycles. The fourth-order valence-corrected chi connectivity index (χ4v) is 1.91. The van der Waals surface area contributed by atoms with Gasteiger partial charge in [-0.05, 0) is 37.6 Å². The highest BCUT2D eigenvalue weighted by atomic mass is 35.5. The number of aromatic carboxylic acids is 1. The predicted octanol–water partition coefficient (Wildman–Crippen LogP) is 3.67. The lowest BCUT2D eigenvalue weighted by molar-refractivity contribution is 0.0690. The maximum absolute atomic E-state index is 10.9. The zero-order valence-electron chi connectivity index (χ0n) is 11.7. The van der Waals surface area contributed by atoms with Gasteiger partial charge in [-0.3, -0.25) is 0 Å². The Morgan fingerprint density at radius 1 is 1.38 bits per heavy atom. The molecule has 0 saturated carbocycles. The summed E-state index contributed by atoms with van der Waals surface area (Å²) in [7, 11) is 0. The van der Waals surface area contributed by atoms with Crippen LogP contribution in [0.3, 0.4) is 0 Å². The van der Waals surface area contributed by atoms with Gasteiger partial charge in [0.2, 0.25) is 0 Å². The fraction of sp³-hybridized carbons (Fsp3) is 0.267. The third-order valence-electron chi connectivity index (χ3n) is 3.02. The molecule has 1 N–H and O–H groups in total. The Bertz CT molecular complexity index is 661. The van der Waals surface area contributed by atoms with Crippen LogP contribution in [0.2, 0.25) is 5.02 Å². The molecule has 0 unspecified atom stereocenters. The summed E-state index contributed by atoms with van der Waals surface area (Å²) in [5, 5.41) is 9.41. The molecule has 0 bridgehead atoms. The molecule has 5 nitrogen and oxygen atoms in total. The van der Waals surface area contributed by atoms with Crippen molar-refractivity contribution in [3.05, 3.63) is 41.3 Å². The van der Waals surface area contributed by atoms with Crippen LogP contribution in [0.15, 0.2) is 30.6 Å². The lowest BCUT2D eigenvalue weighted by Gasteiger charge is -2.14. The van der Waals surface area contributed by atoms with Crippen molar-refractivity contribution in [2.75, 3.05) is 0 Å². The molecule has 0 aliphatic carbocycles. The van der Waals surface area contributed by atoms with Crippen LogP contribution in [0.4, 0.5) is 0 Å². The average molecular weight is 307 g/mol. The minimum absolute atomic E-state index is 0.0592. The van der Waals surface area contributed by atoms with Gasteiger partial charge in [-0.1, -0.05) is 18.5 Å². The van der Waals surface area contributed by atoms with E-state index in [-0.39, 0.29) is 11.8 Å². The van der Waals surface area contributed by atoms with E-state index in [2.05, 4.69) is 9.97 Å². The monoisotopic (exact) mass is 306 g/mol. The highest BCUT2D eigenvalue weighted by molar-refractivity contribution is 6.32. The van der Waals surface area contributed by atoms with E-state index >= 15 is 0 Å². The summed E-state index contributed by atoms with van der Waals surface area (Å²) in [6.45, 7) is 4.00. The number of carbonyl (C=O) groups is 1. The quantitative estimate of drug-likeness (QED) is 0.912. The van der Waals surface area contributed by atoms with Crippen molar-refractivity contribution < 1.29 is 14.6 Å². The first-order valence-corrected chi connectivity index (χ1v) is 6.91. The van der Waals surface area contributed by atoms with Crippen molar-refractivity contribution in [1.82, 2.24) is 9.97 Å². The number of rotatable bonds is 5. The summed E-state index contributed by atoms with van der Waals surface area (Å²) in [5.74, 6) is -0.497. The van der Waals surface area contributed by atoms with Gasteiger partial charge >= 0.3 is 5.97 Å². The van der Waals surface area contributed by atoms with E-state index in [0.717, 1.165) is 6.42 Å². The highest BCUT2D eigenvalue weighted by Gasteiger charge is 2.11. The molecule has 2 rings (SSSR count). The second kappa shape index (κ2) is 6.54. The number of carboxylic acid groups (broad SMARTS) is 1. The Hall–Kier alpha value is -2.14. The smallest absolute Gasteiger partial charge is 0.354 e. The lowest BCUT2D eigenvalue weighted by Crippen LogP contribution is -2.09. The maximum Gasteiger partial charge on any atom is 0.354 e. The molecule has 1 heterocycles. The number of halogens is 1. The molecule has 0 saturated heterocycles. The van der Waals surface area contributed by atoms with E-state index in [4.69, 9.17) is 21.4 Å². The van der Waals surface area contributed by atoms with Crippen molar-refractivity contribution in [1.29, 1.82) is 0 Å². The first-order chi connectivity index (χ1) is 10.0. The summed E-state index contributed by atoms with van der Waals surface area (Å²) >= 11 is 6.20. The van der Waals surface area contributed by atoms with Crippen LogP contribution in [0.25, 0.3) is 11.3 Å². The van der Waals surface area contributed by atoms with Gasteiger partial charge in [0.15, 0.2) is 5.69 Å². The second-order valence-electron chi connectivity index (χ2n) is 4.58. The third-order valence-corrected chi connectivity index (χ3v) is 3.31. The molecule has 0 aliphatic rings. The molecule has 0 radical (unpaired) electrons. The number of hydrogen-bond donors (Lipinski definition) is 1. The Kier molecular flexibility index (Phi) is 4.75. The van der Waals surface area contributed by atoms with Gasteiger partial charge < -0.3 is 9.84 Å². The van der Waals surface area contributed by atoms with Gasteiger partial charge in [0.1, 0.15) is 12.1 Å². The minimum atomic E-state index is -1.10. The Morgan fingerprint density at radius 2 is 2.14 bits per heavy atom. The summed E-state index contributed by atoms with van der Waals surface area (Å²) in [5.41, 5.74) is 1.15. The van der Waals surface area contributed by atoms with Gasteiger partial charge in [-0.25, -0.2) is 14.8 Å². The molecule has 0 amide bonds. The predicted molar refractivity (Wildman–Crippen MR) is 79.8 cm³/mol. The van der Waals surface area contributed by atoms with Crippen molar-refractivity contribution >= 4 is 17.6 Å². The van der Waals surface area contributed by atoms with Crippen molar-refractivity contribution in [3.63, 3.8) is 0 Å². The normalized spacial score (nSPS) is 12.0. The van der Waals surface area contributed by atoms with Crippen LogP contribution in [0, 0.1) is 0 Å². The van der Waals surface area contributed by atoms with E-state index < -0.39 is 5.97 Å². The summed E-state index contributed by atoms with van der Waals surface area (Å²) in [4.78, 5) is 18.7. The fourth-order valence-electron chi connectivity index (χ4n) is 1.69. The molecule has 21 heavy (non-hydrogen) atoms. The zero-order chi connectivity index (χ0) is 15.4. The van der Waals surface area contributed by atoms with Crippen molar-refractivity contribution in [3.8, 4) is 17.0 Å². The van der Waals surface area contributed by atoms with Gasteiger partial charge in [0, 0.05) is 5.56 Å². The Balaban J connectivity index is 2.31. The van der Waals surface area contributed by atoms with Crippen molar-refractivity contribution in [2.24, 2.45) is 0 Å². The number of hydrogen-bond acceptors (Lipinski definition) is 4. The van der Waals surface area contributed by atoms with Gasteiger partial charge in [0.25, 0.3) is 0 Å². The zero-order valence-corrected chi connectivity index (χ0v) is 12.5. The van der Waals surface area contributed by atoms with Crippen LogP contribution >= 0.6 is 11.6 Å². The first kappa shape index (κ1) is 15.3. The number of aromatic nitrogens is 2. The topological polar surface area (TPSA) is 72.3 Å². The van der Waals surface area contributed by atoms with E-state index in [1.807, 2.05) is 13.8 Å². The molecular formula is C15H15ClN2O3. The van der Waals surface area contributed by atoms with E-state index in [9.17, 15) is 4.79 Å². The molecule has 110 valence electrons. The van der Waals surface area contributed by atoms with E-state index in [1.54, 1.807) is 18.2 Å². The van der Waals surface area contributed by atoms with Gasteiger partial charge in [0.05, 0.1) is 16.8 Å². The molecule has 1 atom stereocenters. The average Bonchev–Trinajstić information content (AvgIpc) is 2.49. The van der Waals surface area contributed by atoms with E-state index in [0.29, 0.717) is 22.0 Å². The second-order valence-corrected chi connectivity index (χ2v) is 4.98. The maximum atomic E-state index is 10.9. The lowest BCUT2D eigenvalue weighted by atomic mass is 10.1. The van der Waals surface area contributed by atoms with Crippen LogP contribution in [-0.2, 0) is 0 Å². The van der Waals surface area contributed by atoms with Crippen LogP contribution < -0.4 is 4.74 Å². The van der Waals surface area contributed by atoms with E-state index in [1.165, 1.54) is 12.4 Å². The molecular weight excluding hydrogens is 292 g/mol. The molecule has 0 aliphatic heterocycles. The Labute approximate surface area is 127 Å². The Morgan fingerprint density at radius 3 is 2.76 bits per heavy atom. The minimum Gasteiger partial charge on any atom is -0.489 e. The number of ether oxygens (including phenoxy) is 1. The molecule has 6 heteroatoms. The number of carboxylic acids is 1. The number of nitrogens with zero attached hydrogens (tertiary/aromatic N) is 2. The first-order valence-electron chi connectivity index (χ1n) is 6.53. The van der Waals surface area contributed by atoms with Crippen LogP contribution in [0.1, 0.15) is 30.8 Å². The third kappa shape index (κ3) is 3.70. The summed E-state index contributed by atoms with van der Waals surface area (Å²) < 4.78 is 5.69. The molecule has 1 aromatic heterocycles. The molecule has 2 aromatic rings. The summed E-state index contributed by atoms with van der Waals surface area (Å²) in [6, 6.07) is 6.65. The number of benzene rings is 1. The molecule has 0 spiro atoms. The standard InChI is InChI=1S/C15H15ClN2O3/c1-3-9(2)21-14-5-4-10(6-11(14)16)12-7-13(15(19)20)18-8-17-12/h4-9H,3H2,1-2H3,(H,19,20)/t9-/m0/s1. The van der Waals surface area contributed by atoms with Gasteiger partial charge in [-0.2, -0.15) is 0 Å². The summed E-state index contributed by atoms with van der Waals surface area (Å²) in [6.07, 6.45) is 2.17. The van der Waals surface area contributed by atoms with Crippen LogP contribution in [0.5, 0.6) is 5.75 Å². The van der Waals surface area contributed by atoms with Crippen molar-refractivity contribution in [2.45, 2.75) is 26.4 Å². The van der Waals surface area contributed by atoms with Gasteiger partial charge in [-0.15, -0.1) is 0 Å². The largest absolute Gasteiger partial charge is 0.489 e. The highest BCUT2D eigenvalue weighted by Crippen LogP contribution is 2.30.